The zero-order valence-electron chi connectivity index (χ0n) is 16.1. The molecule has 5 nitrogen and oxygen atoms in total. The average Bonchev–Trinajstić information content (AvgIpc) is 2.69. The second kappa shape index (κ2) is 9.22. The van der Waals surface area contributed by atoms with Gasteiger partial charge in [-0.25, -0.2) is 0 Å². The van der Waals surface area contributed by atoms with Crippen molar-refractivity contribution in [2.45, 2.75) is 38.5 Å². The summed E-state index contributed by atoms with van der Waals surface area (Å²) in [6.45, 7) is 4.25. The largest absolute Gasteiger partial charge is 0.356 e. The number of rotatable bonds is 6. The third-order valence-corrected chi connectivity index (χ3v) is 5.24. The first-order chi connectivity index (χ1) is 13.5. The molecule has 0 radical (unpaired) electrons. The van der Waals surface area contributed by atoms with E-state index in [2.05, 4.69) is 5.32 Å². The molecular formula is C22H25ClN2O3. The number of nitrogens with one attached hydrogen (secondary N) is 1. The first kappa shape index (κ1) is 20.4. The van der Waals surface area contributed by atoms with E-state index in [-0.39, 0.29) is 24.5 Å². The normalized spacial score (nSPS) is 19.7. The van der Waals surface area contributed by atoms with Crippen molar-refractivity contribution in [3.8, 4) is 0 Å². The fraction of sp³-hybridized carbons (Fsp3) is 0.364. The molecule has 1 aliphatic heterocycles. The van der Waals surface area contributed by atoms with E-state index in [1.165, 1.54) is 0 Å². The summed E-state index contributed by atoms with van der Waals surface area (Å²) in [7, 11) is 0. The number of hydrogen-bond acceptors (Lipinski definition) is 3. The van der Waals surface area contributed by atoms with Crippen molar-refractivity contribution in [3.05, 3.63) is 70.7 Å². The zero-order chi connectivity index (χ0) is 20.1. The molecule has 28 heavy (non-hydrogen) atoms. The Kier molecular flexibility index (Phi) is 6.70. The number of morpholine rings is 1. The number of benzene rings is 2. The van der Waals surface area contributed by atoms with Crippen LogP contribution in [0, 0.1) is 0 Å². The molecule has 2 aromatic carbocycles. The Morgan fingerprint density at radius 3 is 2.54 bits per heavy atom. The van der Waals surface area contributed by atoms with Crippen LogP contribution in [0.5, 0.6) is 0 Å². The Morgan fingerprint density at radius 2 is 1.86 bits per heavy atom. The lowest BCUT2D eigenvalue weighted by Gasteiger charge is -2.42. The van der Waals surface area contributed by atoms with Gasteiger partial charge in [0.1, 0.15) is 6.61 Å². The molecule has 0 aromatic heterocycles. The SMILES string of the molecule is CC(C)N1C(=O)CO[C@H](C(=O)NCCc2ccccc2Cl)[C@H]1c1ccccc1. The predicted octanol–water partition coefficient (Wildman–Crippen LogP) is 3.38. The van der Waals surface area contributed by atoms with Crippen LogP contribution < -0.4 is 5.32 Å². The van der Waals surface area contributed by atoms with Gasteiger partial charge in [0, 0.05) is 17.6 Å². The van der Waals surface area contributed by atoms with Gasteiger partial charge in [-0.1, -0.05) is 60.1 Å². The van der Waals surface area contributed by atoms with Crippen LogP contribution in [-0.4, -0.2) is 42.0 Å². The van der Waals surface area contributed by atoms with Crippen LogP contribution in [0.2, 0.25) is 5.02 Å². The maximum Gasteiger partial charge on any atom is 0.251 e. The average molecular weight is 401 g/mol. The van der Waals surface area contributed by atoms with Gasteiger partial charge in [0.15, 0.2) is 6.10 Å². The van der Waals surface area contributed by atoms with Crippen molar-refractivity contribution < 1.29 is 14.3 Å². The highest BCUT2D eigenvalue weighted by molar-refractivity contribution is 6.31. The van der Waals surface area contributed by atoms with E-state index < -0.39 is 12.1 Å². The minimum absolute atomic E-state index is 0.0416. The number of halogens is 1. The topological polar surface area (TPSA) is 58.6 Å². The molecular weight excluding hydrogens is 376 g/mol. The first-order valence-electron chi connectivity index (χ1n) is 9.48. The first-order valence-corrected chi connectivity index (χ1v) is 9.85. The van der Waals surface area contributed by atoms with Gasteiger partial charge >= 0.3 is 0 Å². The molecule has 0 bridgehead atoms. The number of amides is 2. The Labute approximate surface area is 170 Å². The van der Waals surface area contributed by atoms with Gasteiger partial charge in [0.05, 0.1) is 6.04 Å². The van der Waals surface area contributed by atoms with Gasteiger partial charge in [0.25, 0.3) is 5.91 Å². The smallest absolute Gasteiger partial charge is 0.251 e. The molecule has 0 saturated carbocycles. The Morgan fingerprint density at radius 1 is 1.18 bits per heavy atom. The van der Waals surface area contributed by atoms with Gasteiger partial charge < -0.3 is 15.0 Å². The lowest BCUT2D eigenvalue weighted by molar-refractivity contribution is -0.167. The number of ether oxygens (including phenoxy) is 1. The summed E-state index contributed by atoms with van der Waals surface area (Å²) in [4.78, 5) is 27.2. The van der Waals surface area contributed by atoms with E-state index in [1.54, 1.807) is 4.90 Å². The Balaban J connectivity index is 1.75. The van der Waals surface area contributed by atoms with Crippen LogP contribution in [0.15, 0.2) is 54.6 Å². The number of nitrogens with zero attached hydrogens (tertiary/aromatic N) is 1. The summed E-state index contributed by atoms with van der Waals surface area (Å²) in [5.74, 6) is -0.331. The maximum atomic E-state index is 12.9. The van der Waals surface area contributed by atoms with Gasteiger partial charge in [-0.05, 0) is 37.5 Å². The van der Waals surface area contributed by atoms with Crippen LogP contribution in [-0.2, 0) is 20.7 Å². The molecule has 0 unspecified atom stereocenters. The van der Waals surface area contributed by atoms with E-state index in [4.69, 9.17) is 16.3 Å². The van der Waals surface area contributed by atoms with Crippen LogP contribution in [0.25, 0.3) is 0 Å². The van der Waals surface area contributed by atoms with Crippen molar-refractivity contribution in [2.75, 3.05) is 13.2 Å². The van der Waals surface area contributed by atoms with E-state index in [9.17, 15) is 9.59 Å². The molecule has 1 heterocycles. The second-order valence-corrected chi connectivity index (χ2v) is 7.52. The summed E-state index contributed by atoms with van der Waals surface area (Å²) in [6, 6.07) is 16.6. The molecule has 1 N–H and O–H groups in total. The summed E-state index contributed by atoms with van der Waals surface area (Å²) in [5.41, 5.74) is 1.86. The van der Waals surface area contributed by atoms with Crippen molar-refractivity contribution in [3.63, 3.8) is 0 Å². The summed E-state index contributed by atoms with van der Waals surface area (Å²) < 4.78 is 5.70. The van der Waals surface area contributed by atoms with Crippen LogP contribution >= 0.6 is 11.6 Å². The van der Waals surface area contributed by atoms with Gasteiger partial charge in [0.2, 0.25) is 5.91 Å². The summed E-state index contributed by atoms with van der Waals surface area (Å²) in [5, 5.41) is 3.63. The van der Waals surface area contributed by atoms with Crippen molar-refractivity contribution >= 4 is 23.4 Å². The molecule has 148 valence electrons. The van der Waals surface area contributed by atoms with E-state index in [1.807, 2.05) is 68.4 Å². The maximum absolute atomic E-state index is 12.9. The van der Waals surface area contributed by atoms with Gasteiger partial charge in [-0.2, -0.15) is 0 Å². The standard InChI is InChI=1S/C22H25ClN2O3/c1-15(2)25-19(26)14-28-21(20(25)17-9-4-3-5-10-17)22(27)24-13-12-16-8-6-7-11-18(16)23/h3-11,15,20-21H,12-14H2,1-2H3,(H,24,27)/t20-,21+/m1/s1. The molecule has 2 amide bonds. The van der Waals surface area contributed by atoms with Crippen LogP contribution in [0.3, 0.4) is 0 Å². The van der Waals surface area contributed by atoms with Crippen molar-refractivity contribution in [2.24, 2.45) is 0 Å². The van der Waals surface area contributed by atoms with Crippen molar-refractivity contribution in [1.82, 2.24) is 10.2 Å². The monoisotopic (exact) mass is 400 g/mol. The molecule has 3 rings (SSSR count). The third-order valence-electron chi connectivity index (χ3n) is 4.87. The molecule has 1 aliphatic rings. The van der Waals surface area contributed by atoms with E-state index in [0.717, 1.165) is 11.1 Å². The quantitative estimate of drug-likeness (QED) is 0.808. The lowest BCUT2D eigenvalue weighted by Crippen LogP contribution is -2.56. The molecule has 6 heteroatoms. The lowest BCUT2D eigenvalue weighted by atomic mass is 9.95. The number of carbonyl (C=O) groups is 2. The molecule has 1 fully saturated rings. The number of hydrogen-bond donors (Lipinski definition) is 1. The van der Waals surface area contributed by atoms with Gasteiger partial charge in [-0.15, -0.1) is 0 Å². The van der Waals surface area contributed by atoms with Crippen LogP contribution in [0.4, 0.5) is 0 Å². The highest BCUT2D eigenvalue weighted by Crippen LogP contribution is 2.32. The minimum Gasteiger partial charge on any atom is -0.356 e. The van der Waals surface area contributed by atoms with Gasteiger partial charge in [-0.3, -0.25) is 9.59 Å². The predicted molar refractivity (Wildman–Crippen MR) is 109 cm³/mol. The fourth-order valence-electron chi connectivity index (χ4n) is 3.56. The Hall–Kier alpha value is -2.37. The molecule has 0 spiro atoms. The van der Waals surface area contributed by atoms with E-state index >= 15 is 0 Å². The molecule has 0 aliphatic carbocycles. The third kappa shape index (κ3) is 4.54. The fourth-order valence-corrected chi connectivity index (χ4v) is 3.79. The summed E-state index contributed by atoms with van der Waals surface area (Å²) >= 11 is 6.18. The zero-order valence-corrected chi connectivity index (χ0v) is 16.9. The Bertz CT molecular complexity index is 826. The second-order valence-electron chi connectivity index (χ2n) is 7.11. The highest BCUT2D eigenvalue weighted by Gasteiger charge is 2.42. The van der Waals surface area contributed by atoms with E-state index in [0.29, 0.717) is 18.0 Å². The molecule has 2 aromatic rings. The highest BCUT2D eigenvalue weighted by atomic mass is 35.5. The number of carbonyl (C=O) groups excluding carboxylic acids is 2. The summed E-state index contributed by atoms with van der Waals surface area (Å²) in [6.07, 6.45) is -0.130. The molecule has 1 saturated heterocycles. The molecule has 2 atom stereocenters. The van der Waals surface area contributed by atoms with Crippen LogP contribution in [0.1, 0.15) is 31.0 Å². The van der Waals surface area contributed by atoms with Crippen molar-refractivity contribution in [1.29, 1.82) is 0 Å². The minimum atomic E-state index is -0.756.